The van der Waals surface area contributed by atoms with E-state index in [1.807, 2.05) is 13.8 Å². The Morgan fingerprint density at radius 2 is 2.00 bits per heavy atom. The fourth-order valence-corrected chi connectivity index (χ4v) is 2.06. The number of hydrogen-bond acceptors (Lipinski definition) is 2. The zero-order chi connectivity index (χ0) is 14.0. The van der Waals surface area contributed by atoms with Crippen LogP contribution in [0.2, 0.25) is 0 Å². The van der Waals surface area contributed by atoms with Gasteiger partial charge in [0.05, 0.1) is 6.04 Å². The number of hydrogen-bond donors (Lipinski definition) is 2. The van der Waals surface area contributed by atoms with Gasteiger partial charge in [-0.1, -0.05) is 39.5 Å². The molecule has 0 radical (unpaired) electrons. The molecule has 0 aromatic heterocycles. The summed E-state index contributed by atoms with van der Waals surface area (Å²) in [5, 5.41) is 2.90. The van der Waals surface area contributed by atoms with Gasteiger partial charge in [0.2, 0.25) is 5.91 Å². The van der Waals surface area contributed by atoms with E-state index >= 15 is 0 Å². The largest absolute Gasteiger partial charge is 0.342 e. The highest BCUT2D eigenvalue weighted by Gasteiger charge is 2.15. The molecule has 0 aliphatic rings. The molecular formula is C15H28N2O. The molecule has 18 heavy (non-hydrogen) atoms. The van der Waals surface area contributed by atoms with Crippen molar-refractivity contribution in [3.05, 3.63) is 0 Å². The van der Waals surface area contributed by atoms with E-state index in [-0.39, 0.29) is 17.9 Å². The standard InChI is InChI=1S/C15H28N2O/c1-5-7-13(10-11-16)8-9-15(18)17-14(6-2)12(3)4/h2,12-14H,5,7-11,16H2,1,3-4H3,(H,17,18). The molecule has 1 amide bonds. The fourth-order valence-electron chi connectivity index (χ4n) is 2.06. The second kappa shape index (κ2) is 9.96. The summed E-state index contributed by atoms with van der Waals surface area (Å²) in [6.45, 7) is 6.89. The molecule has 0 saturated carbocycles. The molecular weight excluding hydrogens is 224 g/mol. The van der Waals surface area contributed by atoms with Gasteiger partial charge >= 0.3 is 0 Å². The number of nitrogens with two attached hydrogens (primary N) is 1. The zero-order valence-electron chi connectivity index (χ0n) is 12.0. The van der Waals surface area contributed by atoms with Crippen molar-refractivity contribution in [2.24, 2.45) is 17.6 Å². The minimum atomic E-state index is -0.156. The van der Waals surface area contributed by atoms with E-state index < -0.39 is 0 Å². The van der Waals surface area contributed by atoms with E-state index in [1.165, 1.54) is 0 Å². The lowest BCUT2D eigenvalue weighted by atomic mass is 9.94. The first-order valence-electron chi connectivity index (χ1n) is 7.00. The topological polar surface area (TPSA) is 55.1 Å². The summed E-state index contributed by atoms with van der Waals surface area (Å²) in [5.41, 5.74) is 5.58. The molecule has 2 unspecified atom stereocenters. The summed E-state index contributed by atoms with van der Waals surface area (Å²) in [6.07, 6.45) is 10.1. The highest BCUT2D eigenvalue weighted by Crippen LogP contribution is 2.17. The smallest absolute Gasteiger partial charge is 0.220 e. The first kappa shape index (κ1) is 17.0. The lowest BCUT2D eigenvalue weighted by Gasteiger charge is -2.18. The van der Waals surface area contributed by atoms with Crippen molar-refractivity contribution >= 4 is 5.91 Å². The van der Waals surface area contributed by atoms with Gasteiger partial charge in [0.1, 0.15) is 0 Å². The molecule has 3 nitrogen and oxygen atoms in total. The van der Waals surface area contributed by atoms with Crippen molar-refractivity contribution in [2.45, 2.75) is 58.9 Å². The maximum absolute atomic E-state index is 11.8. The van der Waals surface area contributed by atoms with E-state index in [0.717, 1.165) is 25.7 Å². The molecule has 3 heteroatoms. The maximum Gasteiger partial charge on any atom is 0.220 e. The van der Waals surface area contributed by atoms with Crippen molar-refractivity contribution in [2.75, 3.05) is 6.54 Å². The Hall–Kier alpha value is -1.01. The average Bonchev–Trinajstić information content (AvgIpc) is 2.33. The lowest BCUT2D eigenvalue weighted by molar-refractivity contribution is -0.122. The van der Waals surface area contributed by atoms with Gasteiger partial charge in [0.25, 0.3) is 0 Å². The fraction of sp³-hybridized carbons (Fsp3) is 0.800. The zero-order valence-corrected chi connectivity index (χ0v) is 12.0. The van der Waals surface area contributed by atoms with E-state index in [1.54, 1.807) is 0 Å². The van der Waals surface area contributed by atoms with Crippen LogP contribution in [0.3, 0.4) is 0 Å². The van der Waals surface area contributed by atoms with Crippen LogP contribution in [0.15, 0.2) is 0 Å². The minimum Gasteiger partial charge on any atom is -0.342 e. The van der Waals surface area contributed by atoms with Crippen LogP contribution in [0, 0.1) is 24.2 Å². The Morgan fingerprint density at radius 1 is 1.33 bits per heavy atom. The molecule has 0 aliphatic carbocycles. The quantitative estimate of drug-likeness (QED) is 0.619. The van der Waals surface area contributed by atoms with Crippen LogP contribution in [0.4, 0.5) is 0 Å². The Kier molecular flexibility index (Phi) is 9.40. The molecule has 0 rings (SSSR count). The van der Waals surface area contributed by atoms with Gasteiger partial charge in [0, 0.05) is 6.42 Å². The Morgan fingerprint density at radius 3 is 2.44 bits per heavy atom. The SMILES string of the molecule is C#CC(NC(=O)CCC(CCC)CCN)C(C)C. The van der Waals surface area contributed by atoms with Crippen molar-refractivity contribution in [3.63, 3.8) is 0 Å². The number of carbonyl (C=O) groups is 1. The number of terminal acetylenes is 1. The number of carbonyl (C=O) groups excluding carboxylic acids is 1. The highest BCUT2D eigenvalue weighted by molar-refractivity contribution is 5.76. The van der Waals surface area contributed by atoms with Gasteiger partial charge in [-0.2, -0.15) is 0 Å². The first-order chi connectivity index (χ1) is 8.54. The molecule has 0 spiro atoms. The van der Waals surface area contributed by atoms with Crippen LogP contribution >= 0.6 is 0 Å². The van der Waals surface area contributed by atoms with Crippen molar-refractivity contribution in [3.8, 4) is 12.3 Å². The number of amides is 1. The molecule has 3 N–H and O–H groups in total. The second-order valence-corrected chi connectivity index (χ2v) is 5.23. The summed E-state index contributed by atoms with van der Waals surface area (Å²) in [4.78, 5) is 11.8. The van der Waals surface area contributed by atoms with E-state index in [0.29, 0.717) is 18.9 Å². The number of nitrogens with one attached hydrogen (secondary N) is 1. The maximum atomic E-state index is 11.8. The van der Waals surface area contributed by atoms with E-state index in [4.69, 9.17) is 12.2 Å². The molecule has 0 aromatic rings. The van der Waals surface area contributed by atoms with Crippen LogP contribution < -0.4 is 11.1 Å². The molecule has 0 bridgehead atoms. The van der Waals surface area contributed by atoms with Crippen LogP contribution in [0.5, 0.6) is 0 Å². The summed E-state index contributed by atoms with van der Waals surface area (Å²) < 4.78 is 0. The molecule has 0 aliphatic heterocycles. The van der Waals surface area contributed by atoms with E-state index in [9.17, 15) is 4.79 Å². The summed E-state index contributed by atoms with van der Waals surface area (Å²) in [7, 11) is 0. The van der Waals surface area contributed by atoms with Crippen molar-refractivity contribution in [1.82, 2.24) is 5.32 Å². The van der Waals surface area contributed by atoms with E-state index in [2.05, 4.69) is 18.2 Å². The van der Waals surface area contributed by atoms with Crippen LogP contribution in [-0.2, 0) is 4.79 Å². The van der Waals surface area contributed by atoms with Crippen molar-refractivity contribution in [1.29, 1.82) is 0 Å². The van der Waals surface area contributed by atoms with Gasteiger partial charge < -0.3 is 11.1 Å². The van der Waals surface area contributed by atoms with Crippen molar-refractivity contribution < 1.29 is 4.79 Å². The van der Waals surface area contributed by atoms with Gasteiger partial charge in [-0.3, -0.25) is 4.79 Å². The molecule has 0 aromatic carbocycles. The van der Waals surface area contributed by atoms with Gasteiger partial charge in [0.15, 0.2) is 0 Å². The molecule has 0 heterocycles. The lowest BCUT2D eigenvalue weighted by Crippen LogP contribution is -2.37. The predicted molar refractivity (Wildman–Crippen MR) is 76.9 cm³/mol. The third kappa shape index (κ3) is 7.34. The minimum absolute atomic E-state index is 0.0600. The summed E-state index contributed by atoms with van der Waals surface area (Å²) in [5.74, 6) is 3.51. The monoisotopic (exact) mass is 252 g/mol. The second-order valence-electron chi connectivity index (χ2n) is 5.23. The first-order valence-corrected chi connectivity index (χ1v) is 7.00. The molecule has 104 valence electrons. The van der Waals surface area contributed by atoms with Gasteiger partial charge in [-0.25, -0.2) is 0 Å². The number of rotatable bonds is 9. The van der Waals surface area contributed by atoms with Gasteiger partial charge in [-0.05, 0) is 31.2 Å². The molecule has 0 saturated heterocycles. The molecule has 0 fully saturated rings. The van der Waals surface area contributed by atoms with Gasteiger partial charge in [-0.15, -0.1) is 6.42 Å². The van der Waals surface area contributed by atoms with Crippen LogP contribution in [0.25, 0.3) is 0 Å². The van der Waals surface area contributed by atoms with Crippen LogP contribution in [0.1, 0.15) is 52.9 Å². The normalized spacial score (nSPS) is 14.0. The Bertz CT molecular complexity index is 262. The summed E-state index contributed by atoms with van der Waals surface area (Å²) >= 11 is 0. The predicted octanol–water partition coefficient (Wildman–Crippen LogP) is 2.31. The third-order valence-corrected chi connectivity index (χ3v) is 3.21. The average molecular weight is 252 g/mol. The molecule has 2 atom stereocenters. The Labute approximate surface area is 112 Å². The highest BCUT2D eigenvalue weighted by atomic mass is 16.1. The van der Waals surface area contributed by atoms with Crippen LogP contribution in [-0.4, -0.2) is 18.5 Å². The third-order valence-electron chi connectivity index (χ3n) is 3.21. The Balaban J connectivity index is 4.04. The summed E-state index contributed by atoms with van der Waals surface area (Å²) in [6, 6.07) is -0.156.